The summed E-state index contributed by atoms with van der Waals surface area (Å²) < 4.78 is 5.23. The topological polar surface area (TPSA) is 26.0 Å². The first-order valence-electron chi connectivity index (χ1n) is 5.23. The van der Waals surface area contributed by atoms with Crippen molar-refractivity contribution in [2.24, 2.45) is 5.92 Å². The standard InChI is InChI=1S/C13H15NO/c1-10(2)7-11-3-5-12(6-4-11)13-8-14-9-15-13/h3-6,8-10H,7H2,1-2H3. The number of aromatic nitrogens is 1. The maximum Gasteiger partial charge on any atom is 0.181 e. The molecule has 15 heavy (non-hydrogen) atoms. The largest absolute Gasteiger partial charge is 0.444 e. The van der Waals surface area contributed by atoms with Gasteiger partial charge in [0.25, 0.3) is 0 Å². The summed E-state index contributed by atoms with van der Waals surface area (Å²) in [5.41, 5.74) is 2.45. The first-order chi connectivity index (χ1) is 7.25. The van der Waals surface area contributed by atoms with Crippen LogP contribution in [0, 0.1) is 5.92 Å². The Hall–Kier alpha value is -1.57. The SMILES string of the molecule is CC(C)Cc1ccc(-c2cnco2)cc1. The highest BCUT2D eigenvalue weighted by molar-refractivity contribution is 5.56. The first-order valence-corrected chi connectivity index (χ1v) is 5.23. The smallest absolute Gasteiger partial charge is 0.181 e. The average Bonchev–Trinajstić information content (AvgIpc) is 2.71. The normalized spacial score (nSPS) is 10.9. The van der Waals surface area contributed by atoms with Gasteiger partial charge in [0.2, 0.25) is 0 Å². The zero-order valence-corrected chi connectivity index (χ0v) is 9.10. The lowest BCUT2D eigenvalue weighted by atomic mass is 10.0. The van der Waals surface area contributed by atoms with Gasteiger partial charge in [0, 0.05) is 5.56 Å². The fourth-order valence-corrected chi connectivity index (χ4v) is 1.63. The van der Waals surface area contributed by atoms with Crippen LogP contribution in [-0.2, 0) is 6.42 Å². The van der Waals surface area contributed by atoms with Crippen molar-refractivity contribution < 1.29 is 4.42 Å². The second kappa shape index (κ2) is 4.30. The lowest BCUT2D eigenvalue weighted by Crippen LogP contribution is -1.93. The summed E-state index contributed by atoms with van der Waals surface area (Å²) in [5.74, 6) is 1.52. The van der Waals surface area contributed by atoms with Crippen molar-refractivity contribution >= 4 is 0 Å². The van der Waals surface area contributed by atoms with Crippen LogP contribution in [0.25, 0.3) is 11.3 Å². The summed E-state index contributed by atoms with van der Waals surface area (Å²) >= 11 is 0. The number of rotatable bonds is 3. The van der Waals surface area contributed by atoms with Gasteiger partial charge >= 0.3 is 0 Å². The maximum absolute atomic E-state index is 5.23. The number of nitrogens with zero attached hydrogens (tertiary/aromatic N) is 1. The molecule has 2 nitrogen and oxygen atoms in total. The molecule has 0 saturated carbocycles. The molecule has 2 rings (SSSR count). The van der Waals surface area contributed by atoms with Crippen molar-refractivity contribution in [3.8, 4) is 11.3 Å². The van der Waals surface area contributed by atoms with Crippen molar-refractivity contribution in [1.82, 2.24) is 4.98 Å². The summed E-state index contributed by atoms with van der Waals surface area (Å²) in [5, 5.41) is 0. The van der Waals surface area contributed by atoms with Crippen LogP contribution < -0.4 is 0 Å². The van der Waals surface area contributed by atoms with E-state index in [4.69, 9.17) is 4.42 Å². The molecule has 1 heterocycles. The monoisotopic (exact) mass is 201 g/mol. The minimum Gasteiger partial charge on any atom is -0.444 e. The van der Waals surface area contributed by atoms with Gasteiger partial charge in [0.15, 0.2) is 12.2 Å². The third-order valence-electron chi connectivity index (χ3n) is 2.31. The molecule has 0 aliphatic rings. The van der Waals surface area contributed by atoms with E-state index in [9.17, 15) is 0 Å². The van der Waals surface area contributed by atoms with Crippen LogP contribution in [0.15, 0.2) is 41.3 Å². The predicted octanol–water partition coefficient (Wildman–Crippen LogP) is 3.54. The van der Waals surface area contributed by atoms with Crippen LogP contribution >= 0.6 is 0 Å². The van der Waals surface area contributed by atoms with E-state index in [2.05, 4.69) is 43.1 Å². The fraction of sp³-hybridized carbons (Fsp3) is 0.308. The van der Waals surface area contributed by atoms with Crippen molar-refractivity contribution in [1.29, 1.82) is 0 Å². The van der Waals surface area contributed by atoms with Gasteiger partial charge < -0.3 is 4.42 Å². The van der Waals surface area contributed by atoms with Crippen LogP contribution in [-0.4, -0.2) is 4.98 Å². The maximum atomic E-state index is 5.23. The third-order valence-corrected chi connectivity index (χ3v) is 2.31. The molecule has 0 amide bonds. The van der Waals surface area contributed by atoms with Gasteiger partial charge in [-0.25, -0.2) is 4.98 Å². The third kappa shape index (κ3) is 2.46. The number of hydrogen-bond acceptors (Lipinski definition) is 2. The Morgan fingerprint density at radius 3 is 2.47 bits per heavy atom. The van der Waals surface area contributed by atoms with E-state index in [0.29, 0.717) is 5.92 Å². The summed E-state index contributed by atoms with van der Waals surface area (Å²) in [7, 11) is 0. The number of oxazole rings is 1. The molecule has 0 spiro atoms. The van der Waals surface area contributed by atoms with Crippen molar-refractivity contribution in [3.63, 3.8) is 0 Å². The Morgan fingerprint density at radius 2 is 1.93 bits per heavy atom. The Kier molecular flexibility index (Phi) is 2.86. The lowest BCUT2D eigenvalue weighted by molar-refractivity contribution is 0.572. The molecule has 0 N–H and O–H groups in total. The molecular weight excluding hydrogens is 186 g/mol. The van der Waals surface area contributed by atoms with Crippen LogP contribution in [0.5, 0.6) is 0 Å². The Labute approximate surface area is 90.0 Å². The van der Waals surface area contributed by atoms with Gasteiger partial charge in [-0.05, 0) is 17.9 Å². The van der Waals surface area contributed by atoms with Gasteiger partial charge in [-0.2, -0.15) is 0 Å². The number of benzene rings is 1. The molecule has 1 aromatic heterocycles. The second-order valence-electron chi connectivity index (χ2n) is 4.16. The number of hydrogen-bond donors (Lipinski definition) is 0. The molecule has 0 bridgehead atoms. The van der Waals surface area contributed by atoms with Crippen LogP contribution in [0.3, 0.4) is 0 Å². The van der Waals surface area contributed by atoms with Gasteiger partial charge in [-0.15, -0.1) is 0 Å². The van der Waals surface area contributed by atoms with Gasteiger partial charge in [-0.3, -0.25) is 0 Å². The van der Waals surface area contributed by atoms with Crippen LogP contribution in [0.2, 0.25) is 0 Å². The molecule has 2 aromatic rings. The average molecular weight is 201 g/mol. The predicted molar refractivity (Wildman–Crippen MR) is 60.5 cm³/mol. The summed E-state index contributed by atoms with van der Waals surface area (Å²) in [4.78, 5) is 3.90. The highest BCUT2D eigenvalue weighted by Gasteiger charge is 2.02. The molecule has 0 radical (unpaired) electrons. The first kappa shape index (κ1) is 9.97. The molecule has 0 saturated heterocycles. The van der Waals surface area contributed by atoms with Crippen LogP contribution in [0.1, 0.15) is 19.4 Å². The molecule has 0 atom stereocenters. The van der Waals surface area contributed by atoms with Gasteiger partial charge in [0.05, 0.1) is 6.20 Å². The lowest BCUT2D eigenvalue weighted by Gasteiger charge is -2.04. The van der Waals surface area contributed by atoms with E-state index in [1.54, 1.807) is 6.20 Å². The summed E-state index contributed by atoms with van der Waals surface area (Å²) in [6.07, 6.45) is 4.31. The molecule has 0 unspecified atom stereocenters. The molecule has 1 aromatic carbocycles. The van der Waals surface area contributed by atoms with Crippen molar-refractivity contribution in [3.05, 3.63) is 42.4 Å². The highest BCUT2D eigenvalue weighted by atomic mass is 16.3. The summed E-state index contributed by atoms with van der Waals surface area (Å²) in [6, 6.07) is 8.46. The summed E-state index contributed by atoms with van der Waals surface area (Å²) in [6.45, 7) is 4.45. The molecule has 2 heteroatoms. The van der Waals surface area contributed by atoms with E-state index in [1.165, 1.54) is 12.0 Å². The van der Waals surface area contributed by atoms with E-state index in [0.717, 1.165) is 17.7 Å². The molecule has 0 aliphatic heterocycles. The Balaban J connectivity index is 2.17. The molecular formula is C13H15NO. The van der Waals surface area contributed by atoms with Crippen molar-refractivity contribution in [2.75, 3.05) is 0 Å². The molecule has 78 valence electrons. The Bertz CT molecular complexity index is 401. The van der Waals surface area contributed by atoms with E-state index in [-0.39, 0.29) is 0 Å². The van der Waals surface area contributed by atoms with E-state index >= 15 is 0 Å². The highest BCUT2D eigenvalue weighted by Crippen LogP contribution is 2.19. The molecule has 0 aliphatic carbocycles. The second-order valence-corrected chi connectivity index (χ2v) is 4.16. The zero-order valence-electron chi connectivity index (χ0n) is 9.10. The minimum atomic E-state index is 0.695. The van der Waals surface area contributed by atoms with E-state index < -0.39 is 0 Å². The van der Waals surface area contributed by atoms with Crippen LogP contribution in [0.4, 0.5) is 0 Å². The Morgan fingerprint density at radius 1 is 1.20 bits per heavy atom. The molecule has 0 fully saturated rings. The van der Waals surface area contributed by atoms with Gasteiger partial charge in [0.1, 0.15) is 0 Å². The van der Waals surface area contributed by atoms with E-state index in [1.807, 2.05) is 0 Å². The fourth-order valence-electron chi connectivity index (χ4n) is 1.63. The zero-order chi connectivity index (χ0) is 10.7. The van der Waals surface area contributed by atoms with Gasteiger partial charge in [-0.1, -0.05) is 38.1 Å². The van der Waals surface area contributed by atoms with Crippen molar-refractivity contribution in [2.45, 2.75) is 20.3 Å². The quantitative estimate of drug-likeness (QED) is 0.759. The minimum absolute atomic E-state index is 0.695.